The Balaban J connectivity index is 2.05. The zero-order valence-corrected chi connectivity index (χ0v) is 11.1. The van der Waals surface area contributed by atoms with Gasteiger partial charge in [0.2, 0.25) is 5.60 Å². The molecule has 2 saturated carbocycles. The van der Waals surface area contributed by atoms with Crippen molar-refractivity contribution in [1.82, 2.24) is 0 Å². The maximum absolute atomic E-state index is 12.4. The van der Waals surface area contributed by atoms with Crippen LogP contribution in [-0.2, 0) is 19.1 Å². The summed E-state index contributed by atoms with van der Waals surface area (Å²) in [6, 6.07) is 0. The number of hydrogen-bond acceptors (Lipinski definition) is 4. The molecular weight excluding hydrogens is 232 g/mol. The first-order valence-corrected chi connectivity index (χ1v) is 6.95. The van der Waals surface area contributed by atoms with Crippen molar-refractivity contribution in [1.29, 1.82) is 0 Å². The minimum atomic E-state index is -1.01. The highest BCUT2D eigenvalue weighted by Crippen LogP contribution is 2.38. The molecule has 0 aromatic heterocycles. The van der Waals surface area contributed by atoms with Gasteiger partial charge in [0, 0.05) is 0 Å². The molecule has 0 aromatic rings. The van der Waals surface area contributed by atoms with E-state index >= 15 is 0 Å². The molecule has 0 atom stereocenters. The third-order valence-corrected chi connectivity index (χ3v) is 4.31. The Morgan fingerprint density at radius 1 is 1.00 bits per heavy atom. The Labute approximate surface area is 108 Å². The van der Waals surface area contributed by atoms with Crippen molar-refractivity contribution in [2.24, 2.45) is 0 Å². The fraction of sp³-hybridized carbons (Fsp3) is 0.857. The molecule has 18 heavy (non-hydrogen) atoms. The van der Waals surface area contributed by atoms with Crippen LogP contribution < -0.4 is 0 Å². The van der Waals surface area contributed by atoms with Gasteiger partial charge in [-0.3, -0.25) is 4.79 Å². The van der Waals surface area contributed by atoms with E-state index in [4.69, 9.17) is 9.47 Å². The molecular formula is C14H22O4. The van der Waals surface area contributed by atoms with Crippen LogP contribution in [0.2, 0.25) is 0 Å². The van der Waals surface area contributed by atoms with Gasteiger partial charge in [0.05, 0.1) is 0 Å². The number of esters is 1. The molecule has 2 aliphatic carbocycles. The third-order valence-electron chi connectivity index (χ3n) is 4.31. The summed E-state index contributed by atoms with van der Waals surface area (Å²) in [5.74, 6) is -0.335. The van der Waals surface area contributed by atoms with Gasteiger partial charge >= 0.3 is 5.97 Å². The predicted molar refractivity (Wildman–Crippen MR) is 65.9 cm³/mol. The van der Waals surface area contributed by atoms with Crippen LogP contribution in [0.5, 0.6) is 0 Å². The molecule has 4 nitrogen and oxygen atoms in total. The lowest BCUT2D eigenvalue weighted by Gasteiger charge is -2.36. The number of carbonyl (C=O) groups excluding carboxylic acids is 2. The van der Waals surface area contributed by atoms with Crippen LogP contribution in [0, 0.1) is 0 Å². The Kier molecular flexibility index (Phi) is 3.93. The molecule has 0 amide bonds. The molecule has 0 unspecified atom stereocenters. The lowest BCUT2D eigenvalue weighted by atomic mass is 9.84. The molecule has 0 bridgehead atoms. The smallest absolute Gasteiger partial charge is 0.351 e. The average molecular weight is 254 g/mol. The van der Waals surface area contributed by atoms with E-state index < -0.39 is 5.60 Å². The van der Waals surface area contributed by atoms with E-state index in [0.717, 1.165) is 44.9 Å². The van der Waals surface area contributed by atoms with Crippen molar-refractivity contribution in [2.45, 2.75) is 75.9 Å². The maximum atomic E-state index is 12.4. The Morgan fingerprint density at radius 2 is 1.56 bits per heavy atom. The van der Waals surface area contributed by atoms with Gasteiger partial charge in [-0.1, -0.05) is 6.42 Å². The Bertz CT molecular complexity index is 312. The number of hydrogen-bond donors (Lipinski definition) is 0. The van der Waals surface area contributed by atoms with E-state index in [2.05, 4.69) is 0 Å². The summed E-state index contributed by atoms with van der Waals surface area (Å²) in [5, 5.41) is 0. The molecule has 0 aliphatic heterocycles. The molecule has 0 heterocycles. The lowest BCUT2D eigenvalue weighted by Crippen LogP contribution is -2.47. The molecule has 2 rings (SSSR count). The fourth-order valence-electron chi connectivity index (χ4n) is 3.13. The van der Waals surface area contributed by atoms with E-state index in [1.54, 1.807) is 0 Å². The second-order valence-electron chi connectivity index (χ2n) is 5.82. The highest BCUT2D eigenvalue weighted by molar-refractivity contribution is 5.81. The standard InChI is InChI=1S/C14H22O4/c1-13(7-5-6-8-13)18-12(16)14(17-11-15)9-3-2-4-10-14/h11H,2-10H2,1H3. The Morgan fingerprint density at radius 3 is 2.11 bits per heavy atom. The minimum absolute atomic E-state index is 0.335. The van der Waals surface area contributed by atoms with Crippen LogP contribution >= 0.6 is 0 Å². The summed E-state index contributed by atoms with van der Waals surface area (Å²) in [5.41, 5.74) is -1.36. The molecule has 0 spiro atoms. The second-order valence-corrected chi connectivity index (χ2v) is 5.82. The van der Waals surface area contributed by atoms with Crippen molar-refractivity contribution in [3.8, 4) is 0 Å². The van der Waals surface area contributed by atoms with E-state index in [9.17, 15) is 9.59 Å². The summed E-state index contributed by atoms with van der Waals surface area (Å²) in [4.78, 5) is 23.0. The topological polar surface area (TPSA) is 52.6 Å². The molecule has 0 N–H and O–H groups in total. The summed E-state index contributed by atoms with van der Waals surface area (Å²) < 4.78 is 10.8. The van der Waals surface area contributed by atoms with Gasteiger partial charge < -0.3 is 9.47 Å². The monoisotopic (exact) mass is 254 g/mol. The van der Waals surface area contributed by atoms with Crippen molar-refractivity contribution in [3.05, 3.63) is 0 Å². The molecule has 0 aromatic carbocycles. The first kappa shape index (κ1) is 13.4. The average Bonchev–Trinajstić information content (AvgIpc) is 2.77. The van der Waals surface area contributed by atoms with Gasteiger partial charge in [0.25, 0.3) is 6.47 Å². The van der Waals surface area contributed by atoms with Crippen molar-refractivity contribution in [3.63, 3.8) is 0 Å². The first-order valence-electron chi connectivity index (χ1n) is 6.95. The largest absolute Gasteiger partial charge is 0.456 e. The SMILES string of the molecule is CC1(OC(=O)C2(OC=O)CCCCC2)CCCC1. The van der Waals surface area contributed by atoms with Crippen molar-refractivity contribution >= 4 is 12.4 Å². The first-order chi connectivity index (χ1) is 8.60. The number of ether oxygens (including phenoxy) is 2. The number of rotatable bonds is 4. The summed E-state index contributed by atoms with van der Waals surface area (Å²) in [6.07, 6.45) is 8.15. The maximum Gasteiger partial charge on any atom is 0.351 e. The minimum Gasteiger partial charge on any atom is -0.456 e. The van der Waals surface area contributed by atoms with Gasteiger partial charge in [-0.05, 0) is 58.3 Å². The van der Waals surface area contributed by atoms with Gasteiger partial charge in [-0.2, -0.15) is 0 Å². The molecule has 0 radical (unpaired) electrons. The molecule has 2 aliphatic rings. The van der Waals surface area contributed by atoms with E-state index in [1.165, 1.54) is 0 Å². The Hall–Kier alpha value is -1.06. The highest BCUT2D eigenvalue weighted by Gasteiger charge is 2.46. The second kappa shape index (κ2) is 5.29. The van der Waals surface area contributed by atoms with Crippen LogP contribution in [-0.4, -0.2) is 23.6 Å². The van der Waals surface area contributed by atoms with Crippen molar-refractivity contribution < 1.29 is 19.1 Å². The van der Waals surface area contributed by atoms with E-state index in [1.807, 2.05) is 6.92 Å². The highest BCUT2D eigenvalue weighted by atomic mass is 16.6. The zero-order valence-electron chi connectivity index (χ0n) is 11.1. The normalized spacial score (nSPS) is 25.4. The van der Waals surface area contributed by atoms with Crippen LogP contribution in [0.25, 0.3) is 0 Å². The molecule has 102 valence electrons. The molecule has 4 heteroatoms. The van der Waals surface area contributed by atoms with Gasteiger partial charge in [0.15, 0.2) is 0 Å². The van der Waals surface area contributed by atoms with Crippen LogP contribution in [0.1, 0.15) is 64.7 Å². The summed E-state index contributed by atoms with van der Waals surface area (Å²) in [6.45, 7) is 2.37. The van der Waals surface area contributed by atoms with Crippen LogP contribution in [0.4, 0.5) is 0 Å². The van der Waals surface area contributed by atoms with Crippen LogP contribution in [0.15, 0.2) is 0 Å². The lowest BCUT2D eigenvalue weighted by molar-refractivity contribution is -0.191. The summed E-state index contributed by atoms with van der Waals surface area (Å²) in [7, 11) is 0. The predicted octanol–water partition coefficient (Wildman–Crippen LogP) is 2.74. The quantitative estimate of drug-likeness (QED) is 0.572. The number of carbonyl (C=O) groups is 2. The van der Waals surface area contributed by atoms with Gasteiger partial charge in [-0.25, -0.2) is 4.79 Å². The van der Waals surface area contributed by atoms with Crippen molar-refractivity contribution in [2.75, 3.05) is 0 Å². The van der Waals surface area contributed by atoms with Gasteiger partial charge in [0.1, 0.15) is 5.60 Å². The van der Waals surface area contributed by atoms with E-state index in [0.29, 0.717) is 19.3 Å². The summed E-state index contributed by atoms with van der Waals surface area (Å²) >= 11 is 0. The molecule has 2 fully saturated rings. The van der Waals surface area contributed by atoms with Gasteiger partial charge in [-0.15, -0.1) is 0 Å². The third kappa shape index (κ3) is 2.68. The van der Waals surface area contributed by atoms with Crippen LogP contribution in [0.3, 0.4) is 0 Å². The van der Waals surface area contributed by atoms with E-state index in [-0.39, 0.29) is 11.6 Å². The zero-order chi connectivity index (χ0) is 13.1. The fourth-order valence-corrected chi connectivity index (χ4v) is 3.13. The molecule has 0 saturated heterocycles.